The number of carbonyl (C=O) groups is 1. The van der Waals surface area contributed by atoms with E-state index in [1.807, 2.05) is 6.92 Å². The normalized spacial score (nSPS) is 25.9. The van der Waals surface area contributed by atoms with Crippen molar-refractivity contribution in [2.24, 2.45) is 5.92 Å². The van der Waals surface area contributed by atoms with E-state index in [1.54, 1.807) is 6.20 Å². The largest absolute Gasteiger partial charge is 0.465 e. The average molecular weight is 274 g/mol. The number of hydrogen-bond donors (Lipinski definition) is 2. The second kappa shape index (κ2) is 3.84. The molecular weight excluding hydrogens is 262 g/mol. The summed E-state index contributed by atoms with van der Waals surface area (Å²) in [6, 6.07) is -0.135. The van der Waals surface area contributed by atoms with E-state index in [4.69, 9.17) is 5.11 Å². The minimum absolute atomic E-state index is 0.135. The molecule has 2 atom stereocenters. The third kappa shape index (κ3) is 1.99. The summed E-state index contributed by atoms with van der Waals surface area (Å²) >= 11 is 3.27. The molecular formula is C9H12BrN3O2. The monoisotopic (exact) mass is 273 g/mol. The summed E-state index contributed by atoms with van der Waals surface area (Å²) in [5.74, 6) is 1.10. The van der Waals surface area contributed by atoms with E-state index in [2.05, 4.69) is 25.9 Å². The van der Waals surface area contributed by atoms with Crippen molar-refractivity contribution >= 4 is 22.0 Å². The number of rotatable bonds is 1. The van der Waals surface area contributed by atoms with Crippen molar-refractivity contribution in [1.29, 1.82) is 0 Å². The van der Waals surface area contributed by atoms with Crippen LogP contribution in [0.15, 0.2) is 10.8 Å². The molecule has 1 saturated heterocycles. The summed E-state index contributed by atoms with van der Waals surface area (Å²) in [4.78, 5) is 19.6. The number of nitrogens with zero attached hydrogens (tertiary/aromatic N) is 2. The van der Waals surface area contributed by atoms with Gasteiger partial charge in [0, 0.05) is 6.54 Å². The first kappa shape index (κ1) is 10.5. The van der Waals surface area contributed by atoms with Gasteiger partial charge < -0.3 is 10.1 Å². The molecule has 5 nitrogen and oxygen atoms in total. The lowest BCUT2D eigenvalue weighted by atomic mass is 10.1. The average Bonchev–Trinajstić information content (AvgIpc) is 2.71. The topological polar surface area (TPSA) is 69.2 Å². The van der Waals surface area contributed by atoms with Gasteiger partial charge in [-0.15, -0.1) is 0 Å². The molecule has 2 rings (SSSR count). The first-order valence-electron chi connectivity index (χ1n) is 4.78. The zero-order valence-electron chi connectivity index (χ0n) is 8.27. The first-order chi connectivity index (χ1) is 7.08. The molecule has 1 amide bonds. The third-order valence-corrected chi connectivity index (χ3v) is 3.04. The standard InChI is InChI=1S/C9H12BrN3O2/c1-5-2-6(13(4-5)9(14)15)8-11-3-7(10)12-8/h3,5-6H,2,4H2,1H3,(H,11,12)(H,14,15). The number of aromatic nitrogens is 2. The molecule has 2 unspecified atom stereocenters. The fourth-order valence-corrected chi connectivity index (χ4v) is 2.30. The molecule has 2 N–H and O–H groups in total. The number of likely N-dealkylation sites (tertiary alicyclic amines) is 1. The summed E-state index contributed by atoms with van der Waals surface area (Å²) in [5.41, 5.74) is 0. The zero-order chi connectivity index (χ0) is 11.0. The number of halogens is 1. The number of aromatic amines is 1. The Kier molecular flexibility index (Phi) is 2.68. The number of hydrogen-bond acceptors (Lipinski definition) is 2. The van der Waals surface area contributed by atoms with E-state index in [0.29, 0.717) is 18.3 Å². The van der Waals surface area contributed by atoms with Crippen molar-refractivity contribution in [3.05, 3.63) is 16.6 Å². The maximum atomic E-state index is 11.0. The highest BCUT2D eigenvalue weighted by Crippen LogP contribution is 2.33. The van der Waals surface area contributed by atoms with Crippen LogP contribution in [0.5, 0.6) is 0 Å². The second-order valence-electron chi connectivity index (χ2n) is 3.91. The summed E-state index contributed by atoms with van der Waals surface area (Å²) in [5, 5.41) is 9.04. The Labute approximate surface area is 95.6 Å². The molecule has 1 aromatic rings. The molecule has 0 radical (unpaired) electrons. The molecule has 82 valence electrons. The fraction of sp³-hybridized carbons (Fsp3) is 0.556. The van der Waals surface area contributed by atoms with Crippen LogP contribution in [0.4, 0.5) is 4.79 Å². The molecule has 1 aromatic heterocycles. The van der Waals surface area contributed by atoms with Gasteiger partial charge in [-0.3, -0.25) is 4.90 Å². The Morgan fingerprint density at radius 3 is 3.07 bits per heavy atom. The minimum atomic E-state index is -0.878. The van der Waals surface area contributed by atoms with Crippen LogP contribution in [0.2, 0.25) is 0 Å². The number of amides is 1. The van der Waals surface area contributed by atoms with Crippen molar-refractivity contribution in [2.45, 2.75) is 19.4 Å². The summed E-state index contributed by atoms with van der Waals surface area (Å²) < 4.78 is 0.780. The Morgan fingerprint density at radius 2 is 2.53 bits per heavy atom. The predicted molar refractivity (Wildman–Crippen MR) is 57.5 cm³/mol. The maximum absolute atomic E-state index is 11.0. The van der Waals surface area contributed by atoms with Gasteiger partial charge in [-0.1, -0.05) is 6.92 Å². The van der Waals surface area contributed by atoms with Crippen LogP contribution in [0.25, 0.3) is 0 Å². The van der Waals surface area contributed by atoms with E-state index in [0.717, 1.165) is 11.0 Å². The predicted octanol–water partition coefficient (Wildman–Crippen LogP) is 2.23. The Morgan fingerprint density at radius 1 is 1.80 bits per heavy atom. The highest BCUT2D eigenvalue weighted by Gasteiger charge is 2.35. The highest BCUT2D eigenvalue weighted by atomic mass is 79.9. The molecule has 1 aliphatic rings. The van der Waals surface area contributed by atoms with Crippen molar-refractivity contribution in [3.63, 3.8) is 0 Å². The van der Waals surface area contributed by atoms with Crippen molar-refractivity contribution < 1.29 is 9.90 Å². The number of H-pyrrole nitrogens is 1. The van der Waals surface area contributed by atoms with Crippen LogP contribution in [-0.4, -0.2) is 32.6 Å². The lowest BCUT2D eigenvalue weighted by Gasteiger charge is -2.19. The Hall–Kier alpha value is -1.04. The van der Waals surface area contributed by atoms with Gasteiger partial charge in [0.05, 0.1) is 12.2 Å². The SMILES string of the molecule is CC1CC(c2ncc(Br)[nH]2)N(C(=O)O)C1. The molecule has 0 spiro atoms. The maximum Gasteiger partial charge on any atom is 0.407 e. The smallest absolute Gasteiger partial charge is 0.407 e. The Balaban J connectivity index is 2.24. The molecule has 0 aliphatic carbocycles. The molecule has 0 aromatic carbocycles. The van der Waals surface area contributed by atoms with E-state index >= 15 is 0 Å². The van der Waals surface area contributed by atoms with E-state index < -0.39 is 6.09 Å². The molecule has 0 bridgehead atoms. The third-order valence-electron chi connectivity index (χ3n) is 2.64. The summed E-state index contributed by atoms with van der Waals surface area (Å²) in [6.45, 7) is 2.63. The van der Waals surface area contributed by atoms with Gasteiger partial charge in [0.2, 0.25) is 0 Å². The van der Waals surface area contributed by atoms with E-state index in [9.17, 15) is 4.79 Å². The Bertz CT molecular complexity index is 379. The molecule has 15 heavy (non-hydrogen) atoms. The number of nitrogens with one attached hydrogen (secondary N) is 1. The highest BCUT2D eigenvalue weighted by molar-refractivity contribution is 9.10. The van der Waals surface area contributed by atoms with Gasteiger partial charge in [-0.25, -0.2) is 9.78 Å². The van der Waals surface area contributed by atoms with Crippen LogP contribution in [-0.2, 0) is 0 Å². The van der Waals surface area contributed by atoms with Crippen LogP contribution >= 0.6 is 15.9 Å². The number of imidazole rings is 1. The number of carboxylic acid groups (broad SMARTS) is 1. The van der Waals surface area contributed by atoms with E-state index in [1.165, 1.54) is 4.90 Å². The van der Waals surface area contributed by atoms with Crippen LogP contribution in [0.3, 0.4) is 0 Å². The van der Waals surface area contributed by atoms with E-state index in [-0.39, 0.29) is 6.04 Å². The van der Waals surface area contributed by atoms with Crippen LogP contribution < -0.4 is 0 Å². The molecule has 1 fully saturated rings. The summed E-state index contributed by atoms with van der Waals surface area (Å²) in [6.07, 6.45) is 1.60. The van der Waals surface area contributed by atoms with Crippen molar-refractivity contribution in [3.8, 4) is 0 Å². The van der Waals surface area contributed by atoms with Crippen molar-refractivity contribution in [2.75, 3.05) is 6.54 Å². The van der Waals surface area contributed by atoms with Gasteiger partial charge in [0.15, 0.2) is 0 Å². The second-order valence-corrected chi connectivity index (χ2v) is 4.76. The van der Waals surface area contributed by atoms with Crippen LogP contribution in [0, 0.1) is 5.92 Å². The van der Waals surface area contributed by atoms with Gasteiger partial charge >= 0.3 is 6.09 Å². The quantitative estimate of drug-likeness (QED) is 0.825. The lowest BCUT2D eigenvalue weighted by Crippen LogP contribution is -2.29. The molecule has 0 saturated carbocycles. The van der Waals surface area contributed by atoms with Gasteiger partial charge in [-0.2, -0.15) is 0 Å². The zero-order valence-corrected chi connectivity index (χ0v) is 9.86. The summed E-state index contributed by atoms with van der Waals surface area (Å²) in [7, 11) is 0. The van der Waals surface area contributed by atoms with Gasteiger partial charge in [-0.05, 0) is 28.3 Å². The minimum Gasteiger partial charge on any atom is -0.465 e. The molecule has 2 heterocycles. The van der Waals surface area contributed by atoms with Crippen LogP contribution in [0.1, 0.15) is 25.2 Å². The lowest BCUT2D eigenvalue weighted by molar-refractivity contribution is 0.138. The van der Waals surface area contributed by atoms with Gasteiger partial charge in [0.25, 0.3) is 0 Å². The first-order valence-corrected chi connectivity index (χ1v) is 5.57. The molecule has 6 heteroatoms. The van der Waals surface area contributed by atoms with Crippen molar-refractivity contribution in [1.82, 2.24) is 14.9 Å². The molecule has 1 aliphatic heterocycles. The van der Waals surface area contributed by atoms with Gasteiger partial charge in [0.1, 0.15) is 10.4 Å². The fourth-order valence-electron chi connectivity index (χ4n) is 2.00.